The van der Waals surface area contributed by atoms with E-state index < -0.39 is 83.8 Å². The highest BCUT2D eigenvalue weighted by atomic mass is 31.3. The molecule has 5 heterocycles. The maximum atomic E-state index is 12.4. The summed E-state index contributed by atoms with van der Waals surface area (Å²) >= 11 is 0. The zero-order valence-electron chi connectivity index (χ0n) is 23.8. The number of hydrogen-bond acceptors (Lipinski definition) is 18. The zero-order valence-corrected chi connectivity index (χ0v) is 25.6. The Labute approximate surface area is 259 Å². The van der Waals surface area contributed by atoms with Crippen LogP contribution in [0.1, 0.15) is 12.6 Å². The molecule has 0 spiro atoms. The fourth-order valence-corrected chi connectivity index (χ4v) is 6.77. The summed E-state index contributed by atoms with van der Waals surface area (Å²) in [6.45, 7) is -1.79. The molecule has 5 rings (SSSR count). The summed E-state index contributed by atoms with van der Waals surface area (Å²) in [5.41, 5.74) is 11.6. The van der Waals surface area contributed by atoms with Crippen LogP contribution in [0.15, 0.2) is 36.7 Å². The van der Waals surface area contributed by atoms with Crippen LogP contribution >= 0.6 is 15.6 Å². The van der Waals surface area contributed by atoms with Gasteiger partial charge in [0, 0.05) is 25.1 Å². The van der Waals surface area contributed by atoms with Gasteiger partial charge in [0.25, 0.3) is 0 Å². The van der Waals surface area contributed by atoms with Crippen molar-refractivity contribution < 1.29 is 72.1 Å². The van der Waals surface area contributed by atoms with E-state index in [4.69, 9.17) is 35.1 Å². The number of nitrogen functional groups attached to an aromatic ring is 1. The topological polar surface area (TPSA) is 338 Å². The van der Waals surface area contributed by atoms with Crippen LogP contribution in [0.4, 0.5) is 5.82 Å². The minimum atomic E-state index is -5.37. The highest BCUT2D eigenvalue weighted by molar-refractivity contribution is 7.61. The molecule has 0 radical (unpaired) electrons. The molecule has 2 fully saturated rings. The Hall–Kier alpha value is -2.92. The van der Waals surface area contributed by atoms with Gasteiger partial charge < -0.3 is 61.2 Å². The van der Waals surface area contributed by atoms with Crippen LogP contribution < -0.4 is 11.5 Å². The van der Waals surface area contributed by atoms with E-state index in [2.05, 4.69) is 19.3 Å². The number of amides is 1. The van der Waals surface area contributed by atoms with E-state index in [0.29, 0.717) is 0 Å². The van der Waals surface area contributed by atoms with Crippen molar-refractivity contribution in [1.29, 1.82) is 0 Å². The third kappa shape index (κ3) is 7.78. The number of aromatic nitrogens is 4. The minimum Gasteiger partial charge on any atom is -0.400 e. The predicted octanol–water partition coefficient (Wildman–Crippen LogP) is -3.08. The number of carbonyl (C=O) groups excluding carboxylic acids is 1. The van der Waals surface area contributed by atoms with Crippen molar-refractivity contribution >= 4 is 38.5 Å². The molecule has 5 unspecified atom stereocenters. The number of aliphatic hydroxyl groups is 5. The maximum Gasteiger partial charge on any atom is 0.481 e. The average molecular weight is 697 g/mol. The fraction of sp³-hybridized carbons (Fsp3) is 0.545. The van der Waals surface area contributed by atoms with Gasteiger partial charge in [0.15, 0.2) is 23.9 Å². The summed E-state index contributed by atoms with van der Waals surface area (Å²) in [6, 6.07) is 0. The molecule has 10 atom stereocenters. The summed E-state index contributed by atoms with van der Waals surface area (Å²) in [6.07, 6.45) is -4.88. The molecule has 1 amide bonds. The van der Waals surface area contributed by atoms with Crippen molar-refractivity contribution in [3.63, 3.8) is 0 Å². The molecule has 46 heavy (non-hydrogen) atoms. The number of fused-ring (bicyclic) bond motifs is 1. The van der Waals surface area contributed by atoms with Crippen LogP contribution in [0.3, 0.4) is 0 Å². The number of aliphatic hydroxyl groups excluding tert-OH is 5. The maximum absolute atomic E-state index is 12.4. The molecular weight excluding hydrogens is 664 g/mol. The van der Waals surface area contributed by atoms with Crippen LogP contribution in [-0.2, 0) is 36.8 Å². The number of allylic oxidation sites excluding steroid dienone is 1. The van der Waals surface area contributed by atoms with Crippen molar-refractivity contribution in [2.45, 2.75) is 55.5 Å². The van der Waals surface area contributed by atoms with Gasteiger partial charge in [-0.25, -0.2) is 24.1 Å². The van der Waals surface area contributed by atoms with Crippen molar-refractivity contribution in [2.24, 2.45) is 5.73 Å². The van der Waals surface area contributed by atoms with E-state index in [-0.39, 0.29) is 29.0 Å². The van der Waals surface area contributed by atoms with E-state index in [0.717, 1.165) is 13.4 Å². The molecule has 3 aliphatic rings. The first kappa shape index (κ1) is 35.9. The lowest BCUT2D eigenvalue weighted by Gasteiger charge is -2.28. The monoisotopic (exact) mass is 697 g/mol. The lowest BCUT2D eigenvalue weighted by molar-refractivity contribution is -0.115. The molecule has 0 saturated carbocycles. The molecule has 11 N–H and O–H groups in total. The second-order valence-electron chi connectivity index (χ2n) is 9.84. The van der Waals surface area contributed by atoms with Gasteiger partial charge in [0.2, 0.25) is 5.91 Å². The van der Waals surface area contributed by atoms with Crippen LogP contribution in [-0.4, -0.2) is 129 Å². The third-order valence-corrected chi connectivity index (χ3v) is 9.48. The van der Waals surface area contributed by atoms with Crippen LogP contribution in [0, 0.1) is 0 Å². The number of imidazole rings is 1. The van der Waals surface area contributed by atoms with Crippen LogP contribution in [0.2, 0.25) is 0 Å². The van der Waals surface area contributed by atoms with Gasteiger partial charge in [0.05, 0.1) is 19.5 Å². The fourth-order valence-electron chi connectivity index (χ4n) is 4.68. The second-order valence-corrected chi connectivity index (χ2v) is 12.9. The van der Waals surface area contributed by atoms with Gasteiger partial charge in [-0.2, -0.15) is 4.31 Å². The Morgan fingerprint density at radius 1 is 0.957 bits per heavy atom. The molecular formula is C22H33N7O15P2. The van der Waals surface area contributed by atoms with Crippen molar-refractivity contribution in [3.8, 4) is 0 Å². The number of nitrogens with zero attached hydrogens (tertiary/aromatic N) is 5. The van der Waals surface area contributed by atoms with Crippen molar-refractivity contribution in [3.05, 3.63) is 36.7 Å². The smallest absolute Gasteiger partial charge is 0.400 e. The SMILES string of the molecule is CO.NC(=O)C1=CN(C2O[C@H](COP(=O)(O)OP(=O)(O)OC[C@H]3O[C@@H](n4cnc5c(N)ncnc54)[C@H](O)[C@@H]3O)C(O)C2O)C=CC1. The Morgan fingerprint density at radius 3 is 2.11 bits per heavy atom. The Kier molecular flexibility index (Phi) is 11.3. The van der Waals surface area contributed by atoms with E-state index in [1.165, 1.54) is 28.2 Å². The second kappa shape index (κ2) is 14.5. The summed E-state index contributed by atoms with van der Waals surface area (Å²) in [5.74, 6) is -0.658. The largest absolute Gasteiger partial charge is 0.481 e. The Morgan fingerprint density at radius 2 is 1.52 bits per heavy atom. The zero-order chi connectivity index (χ0) is 34.0. The highest BCUT2D eigenvalue weighted by Gasteiger charge is 2.48. The Bertz CT molecular complexity index is 1560. The number of anilines is 1. The first-order chi connectivity index (χ1) is 21.7. The normalized spacial score (nSPS) is 32.0. The molecule has 2 aromatic heterocycles. The lowest BCUT2D eigenvalue weighted by Crippen LogP contribution is -2.40. The molecule has 0 bridgehead atoms. The van der Waals surface area contributed by atoms with Gasteiger partial charge in [-0.15, -0.1) is 0 Å². The molecule has 2 saturated heterocycles. The van der Waals surface area contributed by atoms with Crippen molar-refractivity contribution in [1.82, 2.24) is 24.4 Å². The first-order valence-corrected chi connectivity index (χ1v) is 16.2. The van der Waals surface area contributed by atoms with E-state index in [1.807, 2.05) is 0 Å². The highest BCUT2D eigenvalue weighted by Crippen LogP contribution is 2.60. The first-order valence-electron chi connectivity index (χ1n) is 13.2. The van der Waals surface area contributed by atoms with E-state index >= 15 is 0 Å². The predicted molar refractivity (Wildman–Crippen MR) is 150 cm³/mol. The lowest BCUT2D eigenvalue weighted by atomic mass is 10.1. The summed E-state index contributed by atoms with van der Waals surface area (Å²) in [5, 5.41) is 48.6. The summed E-state index contributed by atoms with van der Waals surface area (Å²) in [4.78, 5) is 44.6. The number of nitrogens with two attached hydrogens (primary N) is 2. The van der Waals surface area contributed by atoms with Gasteiger partial charge in [-0.05, 0) is 6.42 Å². The molecule has 256 valence electrons. The summed E-state index contributed by atoms with van der Waals surface area (Å²) < 4.78 is 50.8. The van der Waals surface area contributed by atoms with Gasteiger partial charge in [-0.1, -0.05) is 6.08 Å². The number of hydrogen-bond donors (Lipinski definition) is 9. The van der Waals surface area contributed by atoms with Crippen LogP contribution in [0.5, 0.6) is 0 Å². The van der Waals surface area contributed by atoms with E-state index in [1.54, 1.807) is 6.08 Å². The number of ether oxygens (including phenoxy) is 2. The minimum absolute atomic E-state index is 0.0517. The molecule has 3 aliphatic heterocycles. The number of rotatable bonds is 11. The number of phosphoric acid groups is 2. The van der Waals surface area contributed by atoms with E-state index in [9.17, 15) is 44.1 Å². The molecule has 0 aromatic carbocycles. The standard InChI is InChI=1S/C21H29N7O14P2.CH4O/c22-17-12-19(25-7-24-17)28(8-26-12)21-16(32)14(30)11(41-21)6-39-44(36,37)42-43(34,35)38-5-10-13(29)15(31)20(40-10)27-3-1-2-9(4-27)18(23)33;1-2/h1,3-4,7-8,10-11,13-16,20-21,29-32H,2,5-6H2,(H2,23,33)(H,34,35)(H,36,37)(H2,22,24,25);2H,1H3/t10-,11-,13?,14-,15?,16-,20?,21-;/m1./s1. The molecule has 0 aliphatic carbocycles. The molecule has 2 aromatic rings. The molecule has 24 heteroatoms. The number of carbonyl (C=O) groups is 1. The average Bonchev–Trinajstić information content (AvgIpc) is 3.66. The van der Waals surface area contributed by atoms with Crippen LogP contribution in [0.25, 0.3) is 11.2 Å². The Balaban J connectivity index is 0.00000235. The van der Waals surface area contributed by atoms with Gasteiger partial charge in [0.1, 0.15) is 48.5 Å². The van der Waals surface area contributed by atoms with Crippen molar-refractivity contribution in [2.75, 3.05) is 26.1 Å². The van der Waals surface area contributed by atoms with Gasteiger partial charge in [-0.3, -0.25) is 18.4 Å². The number of primary amides is 1. The third-order valence-electron chi connectivity index (χ3n) is 6.88. The quantitative estimate of drug-likeness (QED) is 0.105. The molecule has 22 nitrogen and oxygen atoms in total. The number of phosphoric ester groups is 2. The summed E-state index contributed by atoms with van der Waals surface area (Å²) in [7, 11) is -9.73. The van der Waals surface area contributed by atoms with Gasteiger partial charge >= 0.3 is 15.6 Å².